The highest BCUT2D eigenvalue weighted by molar-refractivity contribution is 5.19. The van der Waals surface area contributed by atoms with Crippen molar-refractivity contribution in [2.45, 2.75) is 45.1 Å². The molecule has 0 saturated heterocycles. The molecule has 1 aromatic heterocycles. The van der Waals surface area contributed by atoms with Gasteiger partial charge in [-0.05, 0) is 32.8 Å². The summed E-state index contributed by atoms with van der Waals surface area (Å²) in [7, 11) is 0. The fraction of sp³-hybridized carbons (Fsp3) is 0.636. The van der Waals surface area contributed by atoms with Crippen molar-refractivity contribution >= 4 is 0 Å². The van der Waals surface area contributed by atoms with Gasteiger partial charge in [-0.1, -0.05) is 0 Å². The maximum atomic E-state index is 5.76. The van der Waals surface area contributed by atoms with Crippen LogP contribution in [0.4, 0.5) is 0 Å². The van der Waals surface area contributed by atoms with Crippen molar-refractivity contribution in [1.29, 1.82) is 0 Å². The molecule has 1 aliphatic rings. The molecule has 1 saturated carbocycles. The van der Waals surface area contributed by atoms with Gasteiger partial charge in [0.05, 0.1) is 0 Å². The molecule has 2 N–H and O–H groups in total. The standard InChI is InChI=1S/C11H17N3/c1-7(12)5-10-6-11(9-3-4-9)14-8(2)13-10/h6-7,9H,3-5,12H2,1-2H3. The molecule has 1 aromatic rings. The second-order valence-corrected chi connectivity index (χ2v) is 4.29. The SMILES string of the molecule is Cc1nc(CC(C)N)cc(C2CC2)n1. The first-order valence-corrected chi connectivity index (χ1v) is 5.25. The van der Waals surface area contributed by atoms with Gasteiger partial charge in [0.2, 0.25) is 0 Å². The van der Waals surface area contributed by atoms with Gasteiger partial charge in [-0.15, -0.1) is 0 Å². The topological polar surface area (TPSA) is 51.8 Å². The summed E-state index contributed by atoms with van der Waals surface area (Å²) in [5.41, 5.74) is 8.06. The maximum absolute atomic E-state index is 5.76. The Morgan fingerprint density at radius 3 is 2.79 bits per heavy atom. The fourth-order valence-corrected chi connectivity index (χ4v) is 1.68. The number of rotatable bonds is 3. The molecule has 0 aliphatic heterocycles. The van der Waals surface area contributed by atoms with E-state index in [2.05, 4.69) is 16.0 Å². The predicted molar refractivity (Wildman–Crippen MR) is 56.1 cm³/mol. The molecule has 0 aromatic carbocycles. The quantitative estimate of drug-likeness (QED) is 0.788. The zero-order valence-corrected chi connectivity index (χ0v) is 8.83. The number of hydrogen-bond donors (Lipinski definition) is 1. The number of nitrogens with zero attached hydrogens (tertiary/aromatic N) is 2. The van der Waals surface area contributed by atoms with Crippen LogP contribution in [0.25, 0.3) is 0 Å². The molecule has 76 valence electrons. The minimum atomic E-state index is 0.177. The van der Waals surface area contributed by atoms with Crippen molar-refractivity contribution in [2.75, 3.05) is 0 Å². The van der Waals surface area contributed by atoms with Gasteiger partial charge >= 0.3 is 0 Å². The Balaban J connectivity index is 2.22. The van der Waals surface area contributed by atoms with E-state index >= 15 is 0 Å². The summed E-state index contributed by atoms with van der Waals surface area (Å²) in [6.45, 7) is 3.96. The van der Waals surface area contributed by atoms with Crippen molar-refractivity contribution in [3.05, 3.63) is 23.3 Å². The Kier molecular flexibility index (Phi) is 2.50. The number of aryl methyl sites for hydroxylation is 1. The van der Waals surface area contributed by atoms with Crippen LogP contribution >= 0.6 is 0 Å². The van der Waals surface area contributed by atoms with Crippen LogP contribution in [0, 0.1) is 6.92 Å². The lowest BCUT2D eigenvalue weighted by Gasteiger charge is -2.07. The van der Waals surface area contributed by atoms with Crippen LogP contribution in [0.3, 0.4) is 0 Å². The molecule has 0 bridgehead atoms. The second-order valence-electron chi connectivity index (χ2n) is 4.29. The van der Waals surface area contributed by atoms with Crippen LogP contribution in [-0.4, -0.2) is 16.0 Å². The lowest BCUT2D eigenvalue weighted by atomic mass is 10.1. The zero-order valence-electron chi connectivity index (χ0n) is 8.83. The van der Waals surface area contributed by atoms with Gasteiger partial charge in [0.1, 0.15) is 5.82 Å². The predicted octanol–water partition coefficient (Wildman–Crippen LogP) is 1.55. The van der Waals surface area contributed by atoms with Crippen molar-refractivity contribution in [1.82, 2.24) is 9.97 Å². The van der Waals surface area contributed by atoms with E-state index in [1.54, 1.807) is 0 Å². The van der Waals surface area contributed by atoms with Crippen LogP contribution in [0.5, 0.6) is 0 Å². The van der Waals surface area contributed by atoms with E-state index in [1.165, 1.54) is 18.5 Å². The van der Waals surface area contributed by atoms with Gasteiger partial charge in [-0.25, -0.2) is 9.97 Å². The highest BCUT2D eigenvalue weighted by atomic mass is 14.9. The molecule has 14 heavy (non-hydrogen) atoms. The van der Waals surface area contributed by atoms with Gasteiger partial charge in [0, 0.05) is 29.8 Å². The Morgan fingerprint density at radius 2 is 2.21 bits per heavy atom. The van der Waals surface area contributed by atoms with Gasteiger partial charge < -0.3 is 5.73 Å². The third kappa shape index (κ3) is 2.29. The van der Waals surface area contributed by atoms with E-state index in [4.69, 9.17) is 5.73 Å². The summed E-state index contributed by atoms with van der Waals surface area (Å²) < 4.78 is 0. The van der Waals surface area contributed by atoms with Gasteiger partial charge in [-0.2, -0.15) is 0 Å². The lowest BCUT2D eigenvalue weighted by molar-refractivity contribution is 0.712. The molecule has 0 radical (unpaired) electrons. The van der Waals surface area contributed by atoms with E-state index < -0.39 is 0 Å². The highest BCUT2D eigenvalue weighted by Crippen LogP contribution is 2.39. The minimum absolute atomic E-state index is 0.177. The van der Waals surface area contributed by atoms with E-state index in [0.717, 1.165) is 17.9 Å². The van der Waals surface area contributed by atoms with Crippen LogP contribution in [-0.2, 0) is 6.42 Å². The van der Waals surface area contributed by atoms with Gasteiger partial charge in [0.25, 0.3) is 0 Å². The molecule has 0 spiro atoms. The third-order valence-corrected chi connectivity index (χ3v) is 2.44. The van der Waals surface area contributed by atoms with Gasteiger partial charge in [-0.3, -0.25) is 0 Å². The van der Waals surface area contributed by atoms with E-state index in [9.17, 15) is 0 Å². The average molecular weight is 191 g/mol. The summed E-state index contributed by atoms with van der Waals surface area (Å²) >= 11 is 0. The minimum Gasteiger partial charge on any atom is -0.328 e. The van der Waals surface area contributed by atoms with Crippen molar-refractivity contribution < 1.29 is 0 Å². The first-order valence-electron chi connectivity index (χ1n) is 5.25. The molecule has 3 heteroatoms. The number of nitrogens with two attached hydrogens (primary N) is 1. The molecular formula is C11H17N3. The zero-order chi connectivity index (χ0) is 10.1. The maximum Gasteiger partial charge on any atom is 0.125 e. The summed E-state index contributed by atoms with van der Waals surface area (Å²) in [6, 6.07) is 2.30. The van der Waals surface area contributed by atoms with Crippen LogP contribution in [0.15, 0.2) is 6.07 Å². The highest BCUT2D eigenvalue weighted by Gasteiger charge is 2.25. The molecule has 1 unspecified atom stereocenters. The molecule has 1 atom stereocenters. The molecule has 3 nitrogen and oxygen atoms in total. The summed E-state index contributed by atoms with van der Waals surface area (Å²) in [5.74, 6) is 1.58. The largest absolute Gasteiger partial charge is 0.328 e. The number of hydrogen-bond acceptors (Lipinski definition) is 3. The Labute approximate surface area is 84.8 Å². The smallest absolute Gasteiger partial charge is 0.125 e. The molecule has 0 amide bonds. The molecule has 1 aliphatic carbocycles. The van der Waals surface area contributed by atoms with Crippen LogP contribution in [0.1, 0.15) is 42.9 Å². The first kappa shape index (κ1) is 9.59. The van der Waals surface area contributed by atoms with E-state index in [1.807, 2.05) is 13.8 Å². The van der Waals surface area contributed by atoms with Crippen molar-refractivity contribution in [2.24, 2.45) is 5.73 Å². The van der Waals surface area contributed by atoms with Crippen molar-refractivity contribution in [3.8, 4) is 0 Å². The Morgan fingerprint density at radius 1 is 1.50 bits per heavy atom. The van der Waals surface area contributed by atoms with Crippen LogP contribution in [0.2, 0.25) is 0 Å². The summed E-state index contributed by atoms with van der Waals surface area (Å²) in [5, 5.41) is 0. The first-order chi connectivity index (χ1) is 6.65. The van der Waals surface area contributed by atoms with E-state index in [0.29, 0.717) is 5.92 Å². The van der Waals surface area contributed by atoms with Gasteiger partial charge in [0.15, 0.2) is 0 Å². The Hall–Kier alpha value is -0.960. The second kappa shape index (κ2) is 3.65. The normalized spacial score (nSPS) is 18.2. The van der Waals surface area contributed by atoms with E-state index in [-0.39, 0.29) is 6.04 Å². The molecule has 1 fully saturated rings. The summed E-state index contributed by atoms with van der Waals surface area (Å²) in [6.07, 6.45) is 3.42. The molecule has 2 rings (SSSR count). The lowest BCUT2D eigenvalue weighted by Crippen LogP contribution is -2.19. The number of aromatic nitrogens is 2. The fourth-order valence-electron chi connectivity index (χ4n) is 1.68. The average Bonchev–Trinajstić information content (AvgIpc) is 2.82. The summed E-state index contributed by atoms with van der Waals surface area (Å²) in [4.78, 5) is 8.84. The molecule has 1 heterocycles. The van der Waals surface area contributed by atoms with Crippen molar-refractivity contribution in [3.63, 3.8) is 0 Å². The third-order valence-electron chi connectivity index (χ3n) is 2.44. The molecular weight excluding hydrogens is 174 g/mol. The Bertz CT molecular complexity index is 329. The van der Waals surface area contributed by atoms with Crippen LogP contribution < -0.4 is 5.73 Å². The monoisotopic (exact) mass is 191 g/mol.